The fourth-order valence-corrected chi connectivity index (χ4v) is 5.75. The van der Waals surface area contributed by atoms with Crippen LogP contribution in [0.2, 0.25) is 0 Å². The van der Waals surface area contributed by atoms with Crippen LogP contribution in [0, 0.1) is 5.82 Å². The Hall–Kier alpha value is -5.30. The van der Waals surface area contributed by atoms with Crippen LogP contribution in [0.5, 0.6) is 5.75 Å². The highest BCUT2D eigenvalue weighted by Gasteiger charge is 2.57. The molecule has 6 rings (SSSR count). The summed E-state index contributed by atoms with van der Waals surface area (Å²) in [6.45, 7) is 2.31. The standard InChI is InChI=1S/C32H28F2N4O7/c1-18-10-21-12-35-28(39)25(21)22(33)15-45-24(11-18)32(16-37-13-20-8-9-23(43-2)27(34)26(20)29(37)40)30(41)38(31(42)36-32)17-44-14-19-6-4-3-5-7-19/h3-11H,1,12-17H2,2H3,(H,35,39)(H,36,42)/b21-10?,24-11-,25-22-/t32-/m0/s1. The Kier molecular flexibility index (Phi) is 7.71. The number of benzene rings is 2. The fraction of sp³-hybridized carbons (Fsp3) is 0.250. The number of carbonyl (C=O) groups excluding carboxylic acids is 4. The van der Waals surface area contributed by atoms with Crippen molar-refractivity contribution in [3.05, 3.63) is 112 Å². The van der Waals surface area contributed by atoms with E-state index >= 15 is 8.78 Å². The van der Waals surface area contributed by atoms with E-state index in [1.807, 2.05) is 30.3 Å². The lowest BCUT2D eigenvalue weighted by atomic mass is 9.93. The maximum Gasteiger partial charge on any atom is 0.327 e. The summed E-state index contributed by atoms with van der Waals surface area (Å²) in [5, 5.41) is 5.18. The lowest BCUT2D eigenvalue weighted by molar-refractivity contribution is -0.136. The number of imide groups is 1. The zero-order chi connectivity index (χ0) is 31.9. The van der Waals surface area contributed by atoms with Gasteiger partial charge in [-0.15, -0.1) is 0 Å². The van der Waals surface area contributed by atoms with Gasteiger partial charge in [0, 0.05) is 13.1 Å². The molecule has 45 heavy (non-hydrogen) atoms. The molecule has 0 saturated carbocycles. The van der Waals surface area contributed by atoms with Gasteiger partial charge in [0.25, 0.3) is 17.7 Å². The molecule has 4 aliphatic heterocycles. The van der Waals surface area contributed by atoms with Gasteiger partial charge < -0.3 is 29.7 Å². The fourth-order valence-electron chi connectivity index (χ4n) is 5.75. The minimum atomic E-state index is -2.08. The van der Waals surface area contributed by atoms with Crippen LogP contribution in [0.25, 0.3) is 0 Å². The van der Waals surface area contributed by atoms with Gasteiger partial charge in [-0.1, -0.05) is 43.0 Å². The van der Waals surface area contributed by atoms with E-state index in [-0.39, 0.29) is 47.9 Å². The van der Waals surface area contributed by atoms with E-state index in [0.717, 1.165) is 10.5 Å². The summed E-state index contributed by atoms with van der Waals surface area (Å²) in [6, 6.07) is 11.2. The summed E-state index contributed by atoms with van der Waals surface area (Å²) in [4.78, 5) is 55.4. The molecule has 0 aromatic heterocycles. The zero-order valence-electron chi connectivity index (χ0n) is 24.2. The molecular formula is C32H28F2N4O7. The van der Waals surface area contributed by atoms with Gasteiger partial charge >= 0.3 is 6.03 Å². The Bertz CT molecular complexity index is 1740. The maximum absolute atomic E-state index is 15.3. The first kappa shape index (κ1) is 29.8. The predicted octanol–water partition coefficient (Wildman–Crippen LogP) is 3.01. The van der Waals surface area contributed by atoms with Crippen molar-refractivity contribution in [1.82, 2.24) is 20.4 Å². The van der Waals surface area contributed by atoms with E-state index in [9.17, 15) is 19.2 Å². The predicted molar refractivity (Wildman–Crippen MR) is 154 cm³/mol. The maximum atomic E-state index is 15.3. The average molecular weight is 619 g/mol. The van der Waals surface area contributed by atoms with Crippen molar-refractivity contribution >= 4 is 23.8 Å². The summed E-state index contributed by atoms with van der Waals surface area (Å²) >= 11 is 0. The molecule has 2 saturated heterocycles. The van der Waals surface area contributed by atoms with E-state index in [1.165, 1.54) is 36.3 Å². The Morgan fingerprint density at radius 3 is 2.60 bits per heavy atom. The number of halogens is 2. The largest absolute Gasteiger partial charge is 0.494 e. The summed E-state index contributed by atoms with van der Waals surface area (Å²) in [7, 11) is 1.27. The van der Waals surface area contributed by atoms with Crippen LogP contribution in [0.4, 0.5) is 13.6 Å². The number of carbonyl (C=O) groups is 4. The molecule has 0 radical (unpaired) electrons. The van der Waals surface area contributed by atoms with Crippen LogP contribution < -0.4 is 15.4 Å². The second kappa shape index (κ2) is 11.7. The number of nitrogens with zero attached hydrogens (tertiary/aromatic N) is 2. The number of fused-ring (bicyclic) bond motifs is 2. The molecule has 5 amide bonds. The van der Waals surface area contributed by atoms with Crippen molar-refractivity contribution in [3.8, 4) is 5.75 Å². The smallest absolute Gasteiger partial charge is 0.327 e. The van der Waals surface area contributed by atoms with Crippen LogP contribution in [-0.2, 0) is 32.2 Å². The molecule has 4 heterocycles. The van der Waals surface area contributed by atoms with Gasteiger partial charge in [-0.25, -0.2) is 18.5 Å². The highest BCUT2D eigenvalue weighted by atomic mass is 19.1. The number of rotatable bonds is 8. The Balaban J connectivity index is 1.36. The third-order valence-electron chi connectivity index (χ3n) is 7.92. The van der Waals surface area contributed by atoms with Gasteiger partial charge in [-0.05, 0) is 40.5 Å². The third kappa shape index (κ3) is 5.24. The number of nitrogens with one attached hydrogen (secondary N) is 2. The summed E-state index contributed by atoms with van der Waals surface area (Å²) in [5.74, 6) is -4.33. The molecule has 11 nitrogen and oxygen atoms in total. The van der Waals surface area contributed by atoms with E-state index < -0.39 is 60.8 Å². The highest BCUT2D eigenvalue weighted by molar-refractivity contribution is 6.10. The Labute approximate surface area is 256 Å². The van der Waals surface area contributed by atoms with E-state index in [1.54, 1.807) is 0 Å². The average Bonchev–Trinajstić information content (AvgIpc) is 3.63. The summed E-state index contributed by atoms with van der Waals surface area (Å²) in [5.41, 5.74) is -0.787. The molecule has 0 spiro atoms. The van der Waals surface area contributed by atoms with Crippen molar-refractivity contribution in [2.24, 2.45) is 0 Å². The van der Waals surface area contributed by atoms with Crippen LogP contribution in [0.1, 0.15) is 21.5 Å². The second-order valence-electron chi connectivity index (χ2n) is 10.8. The van der Waals surface area contributed by atoms with Crippen LogP contribution in [0.15, 0.2) is 89.5 Å². The quantitative estimate of drug-likeness (QED) is 0.436. The molecule has 2 fully saturated rings. The first-order valence-corrected chi connectivity index (χ1v) is 13.9. The van der Waals surface area contributed by atoms with Crippen LogP contribution >= 0.6 is 0 Å². The molecule has 13 heteroatoms. The molecule has 0 aliphatic carbocycles. The molecule has 2 N–H and O–H groups in total. The van der Waals surface area contributed by atoms with E-state index in [2.05, 4.69) is 17.2 Å². The normalized spacial score (nSPS) is 24.1. The van der Waals surface area contributed by atoms with Gasteiger partial charge in [0.05, 0.1) is 31.4 Å². The monoisotopic (exact) mass is 618 g/mol. The number of amides is 5. The Morgan fingerprint density at radius 2 is 1.84 bits per heavy atom. The minimum Gasteiger partial charge on any atom is -0.494 e. The number of methoxy groups -OCH3 is 1. The summed E-state index contributed by atoms with van der Waals surface area (Å²) < 4.78 is 47.0. The zero-order valence-corrected chi connectivity index (χ0v) is 24.2. The molecule has 0 unspecified atom stereocenters. The van der Waals surface area contributed by atoms with Gasteiger partial charge in [0.2, 0.25) is 0 Å². The topological polar surface area (TPSA) is 127 Å². The van der Waals surface area contributed by atoms with Gasteiger partial charge in [0.1, 0.15) is 19.1 Å². The Morgan fingerprint density at radius 1 is 1.07 bits per heavy atom. The highest BCUT2D eigenvalue weighted by Crippen LogP contribution is 2.36. The first-order valence-electron chi connectivity index (χ1n) is 13.9. The number of allylic oxidation sites excluding steroid dienone is 3. The number of ether oxygens (including phenoxy) is 3. The van der Waals surface area contributed by atoms with Crippen LogP contribution in [-0.4, -0.2) is 72.6 Å². The molecule has 2 aromatic carbocycles. The molecule has 232 valence electrons. The van der Waals surface area contributed by atoms with Crippen molar-refractivity contribution in [2.75, 3.05) is 33.5 Å². The van der Waals surface area contributed by atoms with Gasteiger partial charge in [-0.2, -0.15) is 0 Å². The molecular weight excluding hydrogens is 590 g/mol. The lowest BCUT2D eigenvalue weighted by Crippen LogP contribution is -2.57. The van der Waals surface area contributed by atoms with Gasteiger partial charge in [0.15, 0.2) is 22.9 Å². The van der Waals surface area contributed by atoms with Crippen molar-refractivity contribution in [2.45, 2.75) is 18.7 Å². The minimum absolute atomic E-state index is 0.0622. The van der Waals surface area contributed by atoms with Crippen molar-refractivity contribution in [1.29, 1.82) is 0 Å². The van der Waals surface area contributed by atoms with Crippen molar-refractivity contribution in [3.63, 3.8) is 0 Å². The lowest BCUT2D eigenvalue weighted by Gasteiger charge is -2.33. The molecule has 4 aliphatic rings. The molecule has 2 aromatic rings. The SMILES string of the molecule is C=C1C=C2CNC(=O)/C2=C(\F)CO/C([C@]2(CN3Cc4ccc(OC)c(F)c4C3=O)NC(=O)N(COCc3ccccc3)C2=O)=C\1. The third-order valence-corrected chi connectivity index (χ3v) is 7.92. The molecule has 1 atom stereocenters. The molecule has 0 bridgehead atoms. The number of hydrogen-bond donors (Lipinski definition) is 2. The van der Waals surface area contributed by atoms with E-state index in [0.29, 0.717) is 11.1 Å². The number of urea groups is 1. The first-order chi connectivity index (χ1) is 21.6. The van der Waals surface area contributed by atoms with Crippen molar-refractivity contribution < 1.29 is 42.2 Å². The number of hydrogen-bond acceptors (Lipinski definition) is 7. The summed E-state index contributed by atoms with van der Waals surface area (Å²) in [6.07, 6.45) is 2.81. The second-order valence-corrected chi connectivity index (χ2v) is 10.8. The van der Waals surface area contributed by atoms with Crippen LogP contribution in [0.3, 0.4) is 0 Å². The van der Waals surface area contributed by atoms with Gasteiger partial charge in [-0.3, -0.25) is 14.4 Å². The van der Waals surface area contributed by atoms with E-state index in [4.69, 9.17) is 14.2 Å².